The number of amides is 1. The first-order chi connectivity index (χ1) is 9.90. The first-order valence-electron chi connectivity index (χ1n) is 6.39. The molecule has 1 aliphatic heterocycles. The summed E-state index contributed by atoms with van der Waals surface area (Å²) in [5.41, 5.74) is 2.23. The number of aliphatic carboxylic acids is 1. The highest BCUT2D eigenvalue weighted by Gasteiger charge is 2.34. The Hall–Kier alpha value is -0.660. The van der Waals surface area contributed by atoms with Gasteiger partial charge in [-0.25, -0.2) is 4.79 Å². The standard InChI is InChI=1S/C14H16BrNO3S2/c1-8-4-12(9(2)3-10(8)15)21-6-13(17)16-7-20-5-11(16)14(18)19/h3-4,11H,5-7H2,1-2H3,(H,18,19)/t11-/m0/s1. The zero-order chi connectivity index (χ0) is 15.6. The van der Waals surface area contributed by atoms with Gasteiger partial charge >= 0.3 is 5.97 Å². The molecule has 1 heterocycles. The molecule has 1 atom stereocenters. The van der Waals surface area contributed by atoms with Gasteiger partial charge in [-0.1, -0.05) is 15.9 Å². The van der Waals surface area contributed by atoms with E-state index in [1.165, 1.54) is 28.4 Å². The summed E-state index contributed by atoms with van der Waals surface area (Å²) in [5, 5.41) is 9.11. The van der Waals surface area contributed by atoms with Gasteiger partial charge in [0.15, 0.2) is 0 Å². The summed E-state index contributed by atoms with van der Waals surface area (Å²) in [6.45, 7) is 4.01. The molecule has 0 unspecified atom stereocenters. The lowest BCUT2D eigenvalue weighted by molar-refractivity contribution is -0.146. The van der Waals surface area contributed by atoms with E-state index in [1.807, 2.05) is 26.0 Å². The zero-order valence-electron chi connectivity index (χ0n) is 11.8. The van der Waals surface area contributed by atoms with E-state index in [4.69, 9.17) is 5.11 Å². The normalized spacial score (nSPS) is 18.0. The molecule has 0 aromatic heterocycles. The number of thioether (sulfide) groups is 2. The van der Waals surface area contributed by atoms with Crippen LogP contribution in [0.5, 0.6) is 0 Å². The van der Waals surface area contributed by atoms with Crippen molar-refractivity contribution < 1.29 is 14.7 Å². The molecule has 1 aromatic rings. The number of hydrogen-bond donors (Lipinski definition) is 1. The van der Waals surface area contributed by atoms with E-state index in [0.717, 1.165) is 20.5 Å². The number of carbonyl (C=O) groups excluding carboxylic acids is 1. The number of nitrogens with zero attached hydrogens (tertiary/aromatic N) is 1. The molecule has 1 aromatic carbocycles. The Morgan fingerprint density at radius 3 is 2.81 bits per heavy atom. The highest BCUT2D eigenvalue weighted by atomic mass is 79.9. The van der Waals surface area contributed by atoms with Gasteiger partial charge in [0.25, 0.3) is 0 Å². The summed E-state index contributed by atoms with van der Waals surface area (Å²) in [6.07, 6.45) is 0. The van der Waals surface area contributed by atoms with Crippen LogP contribution >= 0.6 is 39.5 Å². The van der Waals surface area contributed by atoms with E-state index < -0.39 is 12.0 Å². The van der Waals surface area contributed by atoms with E-state index in [1.54, 1.807) is 0 Å². The third-order valence-electron chi connectivity index (χ3n) is 3.30. The fraction of sp³-hybridized carbons (Fsp3) is 0.429. The maximum Gasteiger partial charge on any atom is 0.327 e. The smallest absolute Gasteiger partial charge is 0.327 e. The third-order valence-corrected chi connectivity index (χ3v) is 6.30. The molecule has 0 bridgehead atoms. The van der Waals surface area contributed by atoms with Crippen LogP contribution in [0.2, 0.25) is 0 Å². The Labute approximate surface area is 140 Å². The van der Waals surface area contributed by atoms with Crippen molar-refractivity contribution in [3.63, 3.8) is 0 Å². The first-order valence-corrected chi connectivity index (χ1v) is 9.33. The van der Waals surface area contributed by atoms with Gasteiger partial charge in [0, 0.05) is 15.1 Å². The molecule has 0 spiro atoms. The average molecular weight is 390 g/mol. The van der Waals surface area contributed by atoms with Crippen molar-refractivity contribution in [3.8, 4) is 0 Å². The van der Waals surface area contributed by atoms with Crippen LogP contribution in [0.3, 0.4) is 0 Å². The molecule has 1 saturated heterocycles. The quantitative estimate of drug-likeness (QED) is 0.801. The summed E-state index contributed by atoms with van der Waals surface area (Å²) in [6, 6.07) is 3.40. The van der Waals surface area contributed by atoms with Gasteiger partial charge in [0.2, 0.25) is 5.91 Å². The molecule has 1 fully saturated rings. The van der Waals surface area contributed by atoms with Gasteiger partial charge in [-0.15, -0.1) is 23.5 Å². The molecule has 7 heteroatoms. The molecule has 4 nitrogen and oxygen atoms in total. The van der Waals surface area contributed by atoms with Crippen molar-refractivity contribution in [1.82, 2.24) is 4.90 Å². The Bertz CT molecular complexity index is 580. The second-order valence-corrected chi connectivity index (χ2v) is 7.74. The molecule has 0 aliphatic carbocycles. The monoisotopic (exact) mass is 389 g/mol. The minimum atomic E-state index is -0.922. The molecule has 21 heavy (non-hydrogen) atoms. The summed E-state index contributed by atoms with van der Waals surface area (Å²) >= 11 is 6.43. The number of carbonyl (C=O) groups is 2. The summed E-state index contributed by atoms with van der Waals surface area (Å²) in [4.78, 5) is 25.8. The van der Waals surface area contributed by atoms with Gasteiger partial charge < -0.3 is 10.0 Å². The van der Waals surface area contributed by atoms with Crippen molar-refractivity contribution in [2.24, 2.45) is 0 Å². The Morgan fingerprint density at radius 2 is 2.14 bits per heavy atom. The second-order valence-electron chi connectivity index (χ2n) is 4.87. The molecular weight excluding hydrogens is 374 g/mol. The Kier molecular flexibility index (Phi) is 5.62. The molecule has 114 valence electrons. The van der Waals surface area contributed by atoms with Crippen LogP contribution in [-0.4, -0.2) is 45.3 Å². The van der Waals surface area contributed by atoms with Crippen LogP contribution in [0.4, 0.5) is 0 Å². The zero-order valence-corrected chi connectivity index (χ0v) is 15.0. The maximum atomic E-state index is 12.2. The van der Waals surface area contributed by atoms with Crippen molar-refractivity contribution in [2.45, 2.75) is 24.8 Å². The van der Waals surface area contributed by atoms with Crippen LogP contribution in [-0.2, 0) is 9.59 Å². The number of halogens is 1. The number of rotatable bonds is 4. The third kappa shape index (κ3) is 3.96. The second kappa shape index (κ2) is 7.07. The van der Waals surface area contributed by atoms with Gasteiger partial charge in [-0.2, -0.15) is 0 Å². The summed E-state index contributed by atoms with van der Waals surface area (Å²) in [5.74, 6) is 0.176. The van der Waals surface area contributed by atoms with E-state index >= 15 is 0 Å². The molecule has 0 radical (unpaired) electrons. The van der Waals surface area contributed by atoms with Crippen LogP contribution in [0.25, 0.3) is 0 Å². The summed E-state index contributed by atoms with van der Waals surface area (Å²) in [7, 11) is 0. The van der Waals surface area contributed by atoms with Gasteiger partial charge in [0.05, 0.1) is 11.6 Å². The molecule has 1 aliphatic rings. The predicted octanol–water partition coefficient (Wildman–Crippen LogP) is 3.14. The fourth-order valence-electron chi connectivity index (χ4n) is 2.03. The SMILES string of the molecule is Cc1cc(SCC(=O)N2CSC[C@H]2C(=O)O)c(C)cc1Br. The topological polar surface area (TPSA) is 57.6 Å². The largest absolute Gasteiger partial charge is 0.480 e. The van der Waals surface area contributed by atoms with E-state index in [-0.39, 0.29) is 11.7 Å². The van der Waals surface area contributed by atoms with E-state index in [9.17, 15) is 9.59 Å². The Balaban J connectivity index is 2.01. The van der Waals surface area contributed by atoms with Crippen LogP contribution in [0, 0.1) is 13.8 Å². The van der Waals surface area contributed by atoms with Crippen LogP contribution < -0.4 is 0 Å². The minimum Gasteiger partial charge on any atom is -0.480 e. The highest BCUT2D eigenvalue weighted by Crippen LogP contribution is 2.29. The highest BCUT2D eigenvalue weighted by molar-refractivity contribution is 9.10. The lowest BCUT2D eigenvalue weighted by Crippen LogP contribution is -2.42. The van der Waals surface area contributed by atoms with Crippen LogP contribution in [0.1, 0.15) is 11.1 Å². The first kappa shape index (κ1) is 16.7. The average Bonchev–Trinajstić information content (AvgIpc) is 2.90. The lowest BCUT2D eigenvalue weighted by Gasteiger charge is -2.20. The van der Waals surface area contributed by atoms with Crippen molar-refractivity contribution >= 4 is 51.3 Å². The molecular formula is C14H16BrNO3S2. The summed E-state index contributed by atoms with van der Waals surface area (Å²) < 4.78 is 1.05. The minimum absolute atomic E-state index is 0.114. The lowest BCUT2D eigenvalue weighted by atomic mass is 10.2. The van der Waals surface area contributed by atoms with Gasteiger partial charge in [-0.3, -0.25) is 4.79 Å². The predicted molar refractivity (Wildman–Crippen MR) is 89.9 cm³/mol. The van der Waals surface area contributed by atoms with Gasteiger partial charge in [0.1, 0.15) is 6.04 Å². The molecule has 0 saturated carbocycles. The van der Waals surface area contributed by atoms with Gasteiger partial charge in [-0.05, 0) is 37.1 Å². The van der Waals surface area contributed by atoms with Crippen molar-refractivity contribution in [3.05, 3.63) is 27.7 Å². The number of hydrogen-bond acceptors (Lipinski definition) is 4. The fourth-order valence-corrected chi connectivity index (χ4v) is 4.65. The number of aryl methyl sites for hydroxylation is 2. The molecule has 2 rings (SSSR count). The Morgan fingerprint density at radius 1 is 1.43 bits per heavy atom. The number of carboxylic acid groups (broad SMARTS) is 1. The van der Waals surface area contributed by atoms with Crippen molar-refractivity contribution in [2.75, 3.05) is 17.4 Å². The maximum absolute atomic E-state index is 12.2. The van der Waals surface area contributed by atoms with Crippen molar-refractivity contribution in [1.29, 1.82) is 0 Å². The van der Waals surface area contributed by atoms with E-state index in [0.29, 0.717) is 11.6 Å². The molecule has 1 N–H and O–H groups in total. The molecule has 1 amide bonds. The number of carboxylic acids is 1. The van der Waals surface area contributed by atoms with E-state index in [2.05, 4.69) is 15.9 Å². The number of benzene rings is 1. The van der Waals surface area contributed by atoms with Crippen LogP contribution in [0.15, 0.2) is 21.5 Å².